The number of aromatic hydroxyl groups is 1. The Labute approximate surface area is 114 Å². The summed E-state index contributed by atoms with van der Waals surface area (Å²) in [6, 6.07) is 6.31. The second kappa shape index (κ2) is 5.61. The van der Waals surface area contributed by atoms with E-state index in [1.807, 2.05) is 7.05 Å². The Balaban J connectivity index is 1.86. The van der Waals surface area contributed by atoms with Crippen LogP contribution in [-0.2, 0) is 11.2 Å². The number of phenolic OH excluding ortho intramolecular Hbond substituents is 1. The van der Waals surface area contributed by atoms with Gasteiger partial charge in [0.15, 0.2) is 0 Å². The van der Waals surface area contributed by atoms with Crippen LogP contribution in [-0.4, -0.2) is 35.5 Å². The molecule has 2 unspecified atom stereocenters. The molecular formula is C15H22N2O2. The first-order valence-electron chi connectivity index (χ1n) is 6.76. The van der Waals surface area contributed by atoms with Gasteiger partial charge in [0.1, 0.15) is 5.75 Å². The third-order valence-corrected chi connectivity index (χ3v) is 3.87. The summed E-state index contributed by atoms with van der Waals surface area (Å²) in [5, 5.41) is 9.21. The van der Waals surface area contributed by atoms with Crippen LogP contribution in [0.3, 0.4) is 0 Å². The van der Waals surface area contributed by atoms with Crippen molar-refractivity contribution in [2.45, 2.75) is 25.8 Å². The Morgan fingerprint density at radius 3 is 2.58 bits per heavy atom. The highest BCUT2D eigenvalue weighted by atomic mass is 16.3. The zero-order valence-electron chi connectivity index (χ0n) is 11.5. The van der Waals surface area contributed by atoms with Crippen molar-refractivity contribution in [3.8, 4) is 5.75 Å². The average Bonchev–Trinajstić information content (AvgIpc) is 3.06. The Hall–Kier alpha value is -1.55. The monoisotopic (exact) mass is 262 g/mol. The van der Waals surface area contributed by atoms with Crippen molar-refractivity contribution in [1.82, 2.24) is 4.90 Å². The molecule has 1 saturated carbocycles. The standard InChI is InChI=1S/C15H22N2O2/c1-10-7-12(10)9-17(2)15(19)14(16)8-11-3-5-13(18)6-4-11/h3-6,10,12,14,18H,7-9,16H2,1-2H3/t10?,12?,14-/m1/s1. The van der Waals surface area contributed by atoms with Crippen LogP contribution >= 0.6 is 0 Å². The maximum Gasteiger partial charge on any atom is 0.239 e. The summed E-state index contributed by atoms with van der Waals surface area (Å²) in [5.74, 6) is 1.61. The van der Waals surface area contributed by atoms with Crippen LogP contribution in [0, 0.1) is 11.8 Å². The summed E-state index contributed by atoms with van der Waals surface area (Å²) in [6.45, 7) is 3.02. The molecule has 0 radical (unpaired) electrons. The minimum atomic E-state index is -0.511. The van der Waals surface area contributed by atoms with Crippen molar-refractivity contribution >= 4 is 5.91 Å². The smallest absolute Gasteiger partial charge is 0.239 e. The lowest BCUT2D eigenvalue weighted by Gasteiger charge is -2.21. The zero-order chi connectivity index (χ0) is 14.0. The highest BCUT2D eigenvalue weighted by Gasteiger charge is 2.34. The molecule has 0 aromatic heterocycles. The van der Waals surface area contributed by atoms with Gasteiger partial charge in [0.05, 0.1) is 6.04 Å². The Kier molecular flexibility index (Phi) is 4.10. The van der Waals surface area contributed by atoms with Gasteiger partial charge in [-0.25, -0.2) is 0 Å². The van der Waals surface area contributed by atoms with Crippen molar-refractivity contribution in [2.24, 2.45) is 17.6 Å². The van der Waals surface area contributed by atoms with Crippen molar-refractivity contribution in [1.29, 1.82) is 0 Å². The zero-order valence-corrected chi connectivity index (χ0v) is 11.5. The molecule has 4 heteroatoms. The molecule has 4 nitrogen and oxygen atoms in total. The number of likely N-dealkylation sites (N-methyl/N-ethyl adjacent to an activating group) is 1. The lowest BCUT2D eigenvalue weighted by Crippen LogP contribution is -2.43. The number of carbonyl (C=O) groups excluding carboxylic acids is 1. The molecule has 1 aliphatic carbocycles. The molecule has 0 bridgehead atoms. The van der Waals surface area contributed by atoms with Crippen molar-refractivity contribution in [3.05, 3.63) is 29.8 Å². The van der Waals surface area contributed by atoms with E-state index < -0.39 is 6.04 Å². The lowest BCUT2D eigenvalue weighted by molar-refractivity contribution is -0.131. The first kappa shape index (κ1) is 13.9. The SMILES string of the molecule is CC1CC1CN(C)C(=O)[C@H](N)Cc1ccc(O)cc1. The number of amides is 1. The van der Waals surface area contributed by atoms with Crippen LogP contribution < -0.4 is 5.73 Å². The molecule has 19 heavy (non-hydrogen) atoms. The van der Waals surface area contributed by atoms with Gasteiger partial charge < -0.3 is 15.7 Å². The summed E-state index contributed by atoms with van der Waals surface area (Å²) >= 11 is 0. The summed E-state index contributed by atoms with van der Waals surface area (Å²) < 4.78 is 0. The van der Waals surface area contributed by atoms with Crippen molar-refractivity contribution in [3.63, 3.8) is 0 Å². The molecule has 1 aromatic rings. The van der Waals surface area contributed by atoms with E-state index in [1.165, 1.54) is 6.42 Å². The van der Waals surface area contributed by atoms with Gasteiger partial charge in [-0.2, -0.15) is 0 Å². The van der Waals surface area contributed by atoms with E-state index in [0.29, 0.717) is 12.3 Å². The molecule has 1 aliphatic rings. The highest BCUT2D eigenvalue weighted by molar-refractivity contribution is 5.81. The number of phenols is 1. The van der Waals surface area contributed by atoms with Gasteiger partial charge in [0.2, 0.25) is 5.91 Å². The van der Waals surface area contributed by atoms with Gasteiger partial charge in [-0.15, -0.1) is 0 Å². The number of nitrogens with zero attached hydrogens (tertiary/aromatic N) is 1. The fraction of sp³-hybridized carbons (Fsp3) is 0.533. The molecule has 0 heterocycles. The third kappa shape index (κ3) is 3.70. The maximum atomic E-state index is 12.1. The molecule has 3 N–H and O–H groups in total. The molecule has 1 amide bonds. The molecular weight excluding hydrogens is 240 g/mol. The summed E-state index contributed by atoms with van der Waals surface area (Å²) in [5.41, 5.74) is 6.93. The van der Waals surface area contributed by atoms with Gasteiger partial charge in [0, 0.05) is 13.6 Å². The van der Waals surface area contributed by atoms with Crippen molar-refractivity contribution in [2.75, 3.05) is 13.6 Å². The highest BCUT2D eigenvalue weighted by Crippen LogP contribution is 2.37. The summed E-state index contributed by atoms with van der Waals surface area (Å²) in [4.78, 5) is 13.9. The van der Waals surface area contributed by atoms with Gasteiger partial charge >= 0.3 is 0 Å². The van der Waals surface area contributed by atoms with E-state index >= 15 is 0 Å². The minimum Gasteiger partial charge on any atom is -0.508 e. The predicted molar refractivity (Wildman–Crippen MR) is 74.7 cm³/mol. The Bertz CT molecular complexity index is 444. The van der Waals surface area contributed by atoms with Crippen LogP contribution in [0.5, 0.6) is 5.75 Å². The molecule has 0 saturated heterocycles. The van der Waals surface area contributed by atoms with E-state index in [9.17, 15) is 9.90 Å². The van der Waals surface area contributed by atoms with E-state index in [1.54, 1.807) is 29.2 Å². The Morgan fingerprint density at radius 2 is 2.05 bits per heavy atom. The number of hydrogen-bond donors (Lipinski definition) is 2. The first-order chi connectivity index (χ1) is 8.97. The fourth-order valence-corrected chi connectivity index (χ4v) is 2.35. The molecule has 1 aromatic carbocycles. The molecule has 0 spiro atoms. The Morgan fingerprint density at radius 1 is 1.47 bits per heavy atom. The normalized spacial score (nSPS) is 22.9. The number of hydrogen-bond acceptors (Lipinski definition) is 3. The third-order valence-electron chi connectivity index (χ3n) is 3.87. The van der Waals surface area contributed by atoms with Crippen molar-refractivity contribution < 1.29 is 9.90 Å². The van der Waals surface area contributed by atoms with E-state index in [0.717, 1.165) is 18.0 Å². The number of nitrogens with two attached hydrogens (primary N) is 1. The van der Waals surface area contributed by atoms with Crippen LogP contribution in [0.15, 0.2) is 24.3 Å². The molecule has 0 aliphatic heterocycles. The van der Waals surface area contributed by atoms with Crippen LogP contribution in [0.1, 0.15) is 18.9 Å². The van der Waals surface area contributed by atoms with Crippen LogP contribution in [0.25, 0.3) is 0 Å². The minimum absolute atomic E-state index is 0.00725. The predicted octanol–water partition coefficient (Wildman–Crippen LogP) is 1.38. The number of benzene rings is 1. The van der Waals surface area contributed by atoms with Crippen LogP contribution in [0.4, 0.5) is 0 Å². The maximum absolute atomic E-state index is 12.1. The largest absolute Gasteiger partial charge is 0.508 e. The van der Waals surface area contributed by atoms with E-state index in [-0.39, 0.29) is 11.7 Å². The van der Waals surface area contributed by atoms with Gasteiger partial charge in [-0.3, -0.25) is 4.79 Å². The molecule has 1 fully saturated rings. The first-order valence-corrected chi connectivity index (χ1v) is 6.76. The average molecular weight is 262 g/mol. The molecule has 2 rings (SSSR count). The summed E-state index contributed by atoms with van der Waals surface area (Å²) in [6.07, 6.45) is 1.72. The number of rotatable bonds is 5. The van der Waals surface area contributed by atoms with E-state index in [2.05, 4.69) is 6.92 Å². The molecule has 3 atom stereocenters. The van der Waals surface area contributed by atoms with Gasteiger partial charge in [0.25, 0.3) is 0 Å². The number of carbonyl (C=O) groups is 1. The molecule has 104 valence electrons. The topological polar surface area (TPSA) is 66.6 Å². The van der Waals surface area contributed by atoms with Gasteiger partial charge in [-0.1, -0.05) is 19.1 Å². The second-order valence-electron chi connectivity index (χ2n) is 5.67. The van der Waals surface area contributed by atoms with E-state index in [4.69, 9.17) is 5.73 Å². The van der Waals surface area contributed by atoms with Crippen LogP contribution in [0.2, 0.25) is 0 Å². The second-order valence-corrected chi connectivity index (χ2v) is 5.67. The summed E-state index contributed by atoms with van der Waals surface area (Å²) in [7, 11) is 1.82. The lowest BCUT2D eigenvalue weighted by atomic mass is 10.1. The fourth-order valence-electron chi connectivity index (χ4n) is 2.35. The quantitative estimate of drug-likeness (QED) is 0.842. The van der Waals surface area contributed by atoms with Gasteiger partial charge in [-0.05, 0) is 42.4 Å².